The van der Waals surface area contributed by atoms with Gasteiger partial charge in [0, 0.05) is 0 Å². The number of thiocarbonyl (C=S) groups is 1. The van der Waals surface area contributed by atoms with Gasteiger partial charge in [0.2, 0.25) is 0 Å². The number of aromatic hydroxyl groups is 1. The van der Waals surface area contributed by atoms with Crippen molar-refractivity contribution >= 4 is 29.1 Å². The van der Waals surface area contributed by atoms with Crippen LogP contribution in [0.4, 0.5) is 0 Å². The van der Waals surface area contributed by atoms with Crippen molar-refractivity contribution in [2.75, 3.05) is 0 Å². The molecule has 0 amide bonds. The molecule has 1 aromatic carbocycles. The van der Waals surface area contributed by atoms with Crippen LogP contribution in [0.2, 0.25) is 0 Å². The van der Waals surface area contributed by atoms with Gasteiger partial charge in [-0.1, -0.05) is 18.2 Å². The summed E-state index contributed by atoms with van der Waals surface area (Å²) in [6.45, 7) is 1.82. The Morgan fingerprint density at radius 1 is 1.44 bits per heavy atom. The fourth-order valence-corrected chi connectivity index (χ4v) is 1.03. The zero-order chi connectivity index (χ0) is 12.0. The number of nitrogens with one attached hydrogen (secondary N) is 1. The minimum atomic E-state index is 0.136. The fraction of sp³-hybridized carbons (Fsp3) is 0.0909. The second kappa shape index (κ2) is 5.87. The molecule has 0 bridgehead atoms. The molecule has 5 heteroatoms. The molecule has 0 unspecified atom stereocenters. The van der Waals surface area contributed by atoms with Crippen molar-refractivity contribution in [2.45, 2.75) is 6.92 Å². The summed E-state index contributed by atoms with van der Waals surface area (Å²) in [4.78, 5) is 0. The smallest absolute Gasteiger partial charge is 0.184 e. The lowest BCUT2D eigenvalue weighted by atomic mass is 10.2. The Labute approximate surface area is 99.5 Å². The molecule has 0 radical (unpaired) electrons. The number of phenolic OH excluding ortho intramolecular Hbond substituents is 1. The quantitative estimate of drug-likeness (QED) is 0.423. The Balaban J connectivity index is 2.62. The van der Waals surface area contributed by atoms with E-state index in [4.69, 9.17) is 10.8 Å². The average Bonchev–Trinajstić information content (AvgIpc) is 2.25. The van der Waals surface area contributed by atoms with Gasteiger partial charge in [-0.25, -0.2) is 0 Å². The Morgan fingerprint density at radius 3 is 2.62 bits per heavy atom. The number of allylic oxidation sites excluding steroid dienone is 1. The highest BCUT2D eigenvalue weighted by molar-refractivity contribution is 7.80. The highest BCUT2D eigenvalue weighted by Gasteiger charge is 1.89. The van der Waals surface area contributed by atoms with Crippen LogP contribution in [0.3, 0.4) is 0 Å². The van der Waals surface area contributed by atoms with Gasteiger partial charge in [0.15, 0.2) is 5.11 Å². The second-order valence-electron chi connectivity index (χ2n) is 3.15. The molecule has 4 N–H and O–H groups in total. The van der Waals surface area contributed by atoms with E-state index >= 15 is 0 Å². The number of hydrogen-bond acceptors (Lipinski definition) is 3. The zero-order valence-corrected chi connectivity index (χ0v) is 9.66. The van der Waals surface area contributed by atoms with Crippen molar-refractivity contribution in [3.05, 3.63) is 35.9 Å². The van der Waals surface area contributed by atoms with Gasteiger partial charge in [0.1, 0.15) is 5.75 Å². The molecular weight excluding hydrogens is 222 g/mol. The van der Waals surface area contributed by atoms with Gasteiger partial charge in [-0.15, -0.1) is 0 Å². The van der Waals surface area contributed by atoms with Crippen LogP contribution in [0.5, 0.6) is 5.75 Å². The SMILES string of the molecule is CC(/C=C/c1ccc(O)cc1)=N/NC(N)=S. The van der Waals surface area contributed by atoms with Crippen LogP contribution >= 0.6 is 12.2 Å². The number of nitrogens with zero attached hydrogens (tertiary/aromatic N) is 1. The molecule has 1 rings (SSSR count). The zero-order valence-electron chi connectivity index (χ0n) is 8.84. The van der Waals surface area contributed by atoms with Gasteiger partial charge >= 0.3 is 0 Å². The molecule has 0 saturated heterocycles. The maximum atomic E-state index is 9.09. The van der Waals surface area contributed by atoms with E-state index in [9.17, 15) is 0 Å². The average molecular weight is 235 g/mol. The van der Waals surface area contributed by atoms with Crippen LogP contribution in [0.1, 0.15) is 12.5 Å². The van der Waals surface area contributed by atoms with Crippen LogP contribution < -0.4 is 11.2 Å². The van der Waals surface area contributed by atoms with E-state index in [-0.39, 0.29) is 10.9 Å². The van der Waals surface area contributed by atoms with Crippen molar-refractivity contribution < 1.29 is 5.11 Å². The molecule has 84 valence electrons. The molecule has 0 atom stereocenters. The number of benzene rings is 1. The third-order valence-corrected chi connectivity index (χ3v) is 1.84. The summed E-state index contributed by atoms with van der Waals surface area (Å²) in [5, 5.41) is 13.2. The molecule has 0 fully saturated rings. The lowest BCUT2D eigenvalue weighted by molar-refractivity contribution is 0.475. The number of rotatable bonds is 3. The standard InChI is InChI=1S/C11H13N3OS/c1-8(13-14-11(12)16)2-3-9-4-6-10(15)7-5-9/h2-7,15H,1H3,(H3,12,14,16)/b3-2+,13-8-. The molecule has 4 nitrogen and oxygen atoms in total. The molecule has 0 aliphatic heterocycles. The lowest BCUT2D eigenvalue weighted by Gasteiger charge is -1.96. The van der Waals surface area contributed by atoms with E-state index in [1.165, 1.54) is 0 Å². The first kappa shape index (κ1) is 12.2. The summed E-state index contributed by atoms with van der Waals surface area (Å²) in [7, 11) is 0. The van der Waals surface area contributed by atoms with E-state index in [2.05, 4.69) is 22.7 Å². The molecule has 16 heavy (non-hydrogen) atoms. The first-order valence-corrected chi connectivity index (χ1v) is 5.05. The summed E-state index contributed by atoms with van der Waals surface area (Å²) < 4.78 is 0. The lowest BCUT2D eigenvalue weighted by Crippen LogP contribution is -2.24. The molecule has 0 aliphatic rings. The van der Waals surface area contributed by atoms with E-state index < -0.39 is 0 Å². The van der Waals surface area contributed by atoms with Gasteiger partial charge in [-0.05, 0) is 42.9 Å². The molecule has 0 saturated carbocycles. The minimum Gasteiger partial charge on any atom is -0.508 e. The fourth-order valence-electron chi connectivity index (χ4n) is 0.983. The van der Waals surface area contributed by atoms with Gasteiger partial charge in [-0.2, -0.15) is 5.10 Å². The van der Waals surface area contributed by atoms with Crippen LogP contribution in [-0.2, 0) is 0 Å². The van der Waals surface area contributed by atoms with Crippen molar-refractivity contribution in [1.82, 2.24) is 5.43 Å². The molecule has 1 aromatic rings. The van der Waals surface area contributed by atoms with Crippen molar-refractivity contribution in [2.24, 2.45) is 10.8 Å². The van der Waals surface area contributed by atoms with Crippen LogP contribution in [0.25, 0.3) is 6.08 Å². The topological polar surface area (TPSA) is 70.6 Å². The number of nitrogens with two attached hydrogens (primary N) is 1. The predicted octanol–water partition coefficient (Wildman–Crippen LogP) is 1.61. The molecule has 0 spiro atoms. The highest BCUT2D eigenvalue weighted by Crippen LogP contribution is 2.10. The first-order chi connectivity index (χ1) is 7.58. The summed E-state index contributed by atoms with van der Waals surface area (Å²) in [6.07, 6.45) is 3.69. The summed E-state index contributed by atoms with van der Waals surface area (Å²) in [5.41, 5.74) is 9.45. The summed E-state index contributed by atoms with van der Waals surface area (Å²) in [5.74, 6) is 0.248. The van der Waals surface area contributed by atoms with Crippen LogP contribution in [0, 0.1) is 0 Å². The monoisotopic (exact) mass is 235 g/mol. The molecule has 0 aliphatic carbocycles. The van der Waals surface area contributed by atoms with Crippen LogP contribution in [0.15, 0.2) is 35.4 Å². The number of hydrogen-bond donors (Lipinski definition) is 3. The molecular formula is C11H13N3OS. The molecule has 0 heterocycles. The summed E-state index contributed by atoms with van der Waals surface area (Å²) >= 11 is 4.61. The van der Waals surface area contributed by atoms with Crippen molar-refractivity contribution in [1.29, 1.82) is 0 Å². The molecule has 0 aromatic heterocycles. The van der Waals surface area contributed by atoms with Gasteiger partial charge in [-0.3, -0.25) is 5.43 Å². The van der Waals surface area contributed by atoms with Crippen LogP contribution in [-0.4, -0.2) is 15.9 Å². The minimum absolute atomic E-state index is 0.136. The maximum absolute atomic E-state index is 9.09. The Bertz CT molecular complexity index is 423. The number of phenols is 1. The Morgan fingerprint density at radius 2 is 2.06 bits per heavy atom. The van der Waals surface area contributed by atoms with Gasteiger partial charge in [0.25, 0.3) is 0 Å². The first-order valence-electron chi connectivity index (χ1n) is 4.65. The summed E-state index contributed by atoms with van der Waals surface area (Å²) in [6, 6.07) is 6.86. The van der Waals surface area contributed by atoms with Gasteiger partial charge in [0.05, 0.1) is 5.71 Å². The Kier molecular flexibility index (Phi) is 4.47. The third kappa shape index (κ3) is 4.56. The van der Waals surface area contributed by atoms with E-state index in [1.54, 1.807) is 24.3 Å². The van der Waals surface area contributed by atoms with E-state index in [0.717, 1.165) is 11.3 Å². The Hall–Kier alpha value is -1.88. The largest absolute Gasteiger partial charge is 0.508 e. The van der Waals surface area contributed by atoms with E-state index in [1.807, 2.05) is 19.1 Å². The van der Waals surface area contributed by atoms with E-state index in [0.29, 0.717) is 0 Å². The predicted molar refractivity (Wildman–Crippen MR) is 70.2 cm³/mol. The van der Waals surface area contributed by atoms with Gasteiger partial charge < -0.3 is 10.8 Å². The van der Waals surface area contributed by atoms with Crippen molar-refractivity contribution in [3.63, 3.8) is 0 Å². The number of hydrazone groups is 1. The second-order valence-corrected chi connectivity index (χ2v) is 3.59. The third-order valence-electron chi connectivity index (χ3n) is 1.75. The normalized spacial score (nSPS) is 11.7. The van der Waals surface area contributed by atoms with Crippen molar-refractivity contribution in [3.8, 4) is 5.75 Å². The maximum Gasteiger partial charge on any atom is 0.184 e. The highest BCUT2D eigenvalue weighted by atomic mass is 32.1.